The van der Waals surface area contributed by atoms with Crippen LogP contribution in [-0.4, -0.2) is 36.4 Å². The Morgan fingerprint density at radius 3 is 2.85 bits per heavy atom. The van der Waals surface area contributed by atoms with Gasteiger partial charge in [0.25, 0.3) is 5.91 Å². The summed E-state index contributed by atoms with van der Waals surface area (Å²) >= 11 is 0. The minimum Gasteiger partial charge on any atom is -0.386 e. The highest BCUT2D eigenvalue weighted by Gasteiger charge is 2.32. The number of hydrogen-bond acceptors (Lipinski definition) is 3. The number of carbonyl (C=O) groups excluding carboxylic acids is 1. The number of benzene rings is 2. The fourth-order valence-corrected chi connectivity index (χ4v) is 2.50. The average Bonchev–Trinajstić information content (AvgIpc) is 2.91. The summed E-state index contributed by atoms with van der Waals surface area (Å²) in [5.74, 6) is -0.165. The summed E-state index contributed by atoms with van der Waals surface area (Å²) < 4.78 is 5.17. The van der Waals surface area contributed by atoms with Crippen LogP contribution in [0.1, 0.15) is 16.8 Å². The lowest BCUT2D eigenvalue weighted by Gasteiger charge is -2.20. The van der Waals surface area contributed by atoms with E-state index in [2.05, 4.69) is 5.32 Å². The van der Waals surface area contributed by atoms with E-state index in [0.29, 0.717) is 18.6 Å². The summed E-state index contributed by atoms with van der Waals surface area (Å²) in [7, 11) is 0. The van der Waals surface area contributed by atoms with Crippen molar-refractivity contribution in [2.24, 2.45) is 0 Å². The first-order valence-corrected chi connectivity index (χ1v) is 6.74. The Kier molecular flexibility index (Phi) is 3.42. The maximum Gasteiger partial charge on any atom is 0.252 e. The predicted octanol–water partition coefficient (Wildman–Crippen LogP) is 1.72. The Morgan fingerprint density at radius 1 is 1.25 bits per heavy atom. The first-order chi connectivity index (χ1) is 9.68. The van der Waals surface area contributed by atoms with Crippen molar-refractivity contribution in [3.05, 3.63) is 48.0 Å². The Bertz CT molecular complexity index is 627. The van der Waals surface area contributed by atoms with E-state index in [-0.39, 0.29) is 19.1 Å². The molecule has 1 aliphatic heterocycles. The molecule has 1 amide bonds. The van der Waals surface area contributed by atoms with E-state index in [4.69, 9.17) is 4.74 Å². The van der Waals surface area contributed by atoms with Gasteiger partial charge >= 0.3 is 0 Å². The van der Waals surface area contributed by atoms with E-state index >= 15 is 0 Å². The van der Waals surface area contributed by atoms with Crippen molar-refractivity contribution < 1.29 is 14.6 Å². The SMILES string of the molecule is O=C(NCC1(O)CCOC1)c1cccc2ccccc12. The van der Waals surface area contributed by atoms with Crippen LogP contribution in [0.15, 0.2) is 42.5 Å². The van der Waals surface area contributed by atoms with Gasteiger partial charge in [0.2, 0.25) is 0 Å². The molecule has 2 N–H and O–H groups in total. The fraction of sp³-hybridized carbons (Fsp3) is 0.312. The van der Waals surface area contributed by atoms with E-state index in [1.807, 2.05) is 36.4 Å². The second-order valence-corrected chi connectivity index (χ2v) is 5.24. The molecular weight excluding hydrogens is 254 g/mol. The maximum absolute atomic E-state index is 12.3. The first kappa shape index (κ1) is 13.1. The first-order valence-electron chi connectivity index (χ1n) is 6.74. The summed E-state index contributed by atoms with van der Waals surface area (Å²) in [5, 5.41) is 14.9. The molecule has 1 unspecified atom stereocenters. The lowest BCUT2D eigenvalue weighted by Crippen LogP contribution is -2.43. The summed E-state index contributed by atoms with van der Waals surface area (Å²) in [4.78, 5) is 12.3. The standard InChI is InChI=1S/C16H17NO3/c18-15(17-10-16(19)8-9-20-11-16)14-7-3-5-12-4-1-2-6-13(12)14/h1-7,19H,8-11H2,(H,17,18). The second-order valence-electron chi connectivity index (χ2n) is 5.24. The molecule has 1 heterocycles. The van der Waals surface area contributed by atoms with E-state index in [1.54, 1.807) is 6.07 Å². The Labute approximate surface area is 117 Å². The number of carbonyl (C=O) groups is 1. The van der Waals surface area contributed by atoms with E-state index in [0.717, 1.165) is 10.8 Å². The number of hydrogen-bond donors (Lipinski definition) is 2. The Hall–Kier alpha value is -1.91. The van der Waals surface area contributed by atoms with Crippen LogP contribution in [0.3, 0.4) is 0 Å². The van der Waals surface area contributed by atoms with E-state index in [1.165, 1.54) is 0 Å². The molecule has 0 aromatic heterocycles. The quantitative estimate of drug-likeness (QED) is 0.893. The molecule has 4 heteroatoms. The van der Waals surface area contributed by atoms with Crippen LogP contribution in [0.4, 0.5) is 0 Å². The van der Waals surface area contributed by atoms with Gasteiger partial charge in [0.1, 0.15) is 5.60 Å². The van der Waals surface area contributed by atoms with Gasteiger partial charge in [0.05, 0.1) is 6.61 Å². The largest absolute Gasteiger partial charge is 0.386 e. The highest BCUT2D eigenvalue weighted by atomic mass is 16.5. The van der Waals surface area contributed by atoms with Crippen LogP contribution in [-0.2, 0) is 4.74 Å². The number of amides is 1. The molecule has 1 aliphatic rings. The fourth-order valence-electron chi connectivity index (χ4n) is 2.50. The highest BCUT2D eigenvalue weighted by Crippen LogP contribution is 2.20. The molecule has 0 aliphatic carbocycles. The van der Waals surface area contributed by atoms with Crippen molar-refractivity contribution in [3.63, 3.8) is 0 Å². The molecule has 3 rings (SSSR count). The molecule has 4 nitrogen and oxygen atoms in total. The lowest BCUT2D eigenvalue weighted by atomic mass is 10.0. The third-order valence-corrected chi connectivity index (χ3v) is 3.69. The van der Waals surface area contributed by atoms with E-state index in [9.17, 15) is 9.90 Å². The van der Waals surface area contributed by atoms with Crippen LogP contribution in [0.25, 0.3) is 10.8 Å². The highest BCUT2D eigenvalue weighted by molar-refractivity contribution is 6.07. The summed E-state index contributed by atoms with van der Waals surface area (Å²) in [6.07, 6.45) is 0.558. The topological polar surface area (TPSA) is 58.6 Å². The molecule has 1 fully saturated rings. The van der Waals surface area contributed by atoms with Gasteiger partial charge in [-0.1, -0.05) is 36.4 Å². The molecule has 104 valence electrons. The van der Waals surface area contributed by atoms with Crippen molar-refractivity contribution in [2.45, 2.75) is 12.0 Å². The lowest BCUT2D eigenvalue weighted by molar-refractivity contribution is 0.0265. The van der Waals surface area contributed by atoms with Gasteiger partial charge in [0.15, 0.2) is 0 Å². The maximum atomic E-state index is 12.3. The smallest absolute Gasteiger partial charge is 0.252 e. The molecule has 0 radical (unpaired) electrons. The van der Waals surface area contributed by atoms with Crippen LogP contribution in [0.5, 0.6) is 0 Å². The van der Waals surface area contributed by atoms with Crippen molar-refractivity contribution in [1.29, 1.82) is 0 Å². The zero-order chi connectivity index (χ0) is 14.0. The Morgan fingerprint density at radius 2 is 2.05 bits per heavy atom. The average molecular weight is 271 g/mol. The molecule has 20 heavy (non-hydrogen) atoms. The number of ether oxygens (including phenoxy) is 1. The normalized spacial score (nSPS) is 22.1. The molecule has 2 aromatic rings. The summed E-state index contributed by atoms with van der Waals surface area (Å²) in [5.41, 5.74) is -0.300. The number of fused-ring (bicyclic) bond motifs is 1. The third kappa shape index (κ3) is 2.53. The van der Waals surface area contributed by atoms with Gasteiger partial charge in [0, 0.05) is 25.1 Å². The number of rotatable bonds is 3. The molecule has 0 spiro atoms. The van der Waals surface area contributed by atoms with Crippen molar-refractivity contribution in [1.82, 2.24) is 5.32 Å². The van der Waals surface area contributed by atoms with Crippen LogP contribution in [0.2, 0.25) is 0 Å². The molecule has 0 saturated carbocycles. The monoisotopic (exact) mass is 271 g/mol. The minimum absolute atomic E-state index is 0.165. The zero-order valence-corrected chi connectivity index (χ0v) is 11.1. The summed E-state index contributed by atoms with van der Waals surface area (Å²) in [6, 6.07) is 13.4. The van der Waals surface area contributed by atoms with Crippen molar-refractivity contribution in [3.8, 4) is 0 Å². The van der Waals surface area contributed by atoms with Gasteiger partial charge in [-0.15, -0.1) is 0 Å². The molecule has 2 aromatic carbocycles. The Balaban J connectivity index is 1.79. The summed E-state index contributed by atoms with van der Waals surface area (Å²) in [6.45, 7) is 1.04. The number of nitrogens with one attached hydrogen (secondary N) is 1. The second kappa shape index (κ2) is 5.23. The van der Waals surface area contributed by atoms with Crippen molar-refractivity contribution >= 4 is 16.7 Å². The van der Waals surface area contributed by atoms with Gasteiger partial charge in [-0.25, -0.2) is 0 Å². The number of aliphatic hydroxyl groups is 1. The third-order valence-electron chi connectivity index (χ3n) is 3.69. The van der Waals surface area contributed by atoms with Crippen LogP contribution in [0, 0.1) is 0 Å². The van der Waals surface area contributed by atoms with Gasteiger partial charge in [-0.2, -0.15) is 0 Å². The molecule has 1 atom stereocenters. The van der Waals surface area contributed by atoms with Crippen LogP contribution < -0.4 is 5.32 Å². The van der Waals surface area contributed by atoms with E-state index < -0.39 is 5.60 Å². The van der Waals surface area contributed by atoms with Crippen LogP contribution >= 0.6 is 0 Å². The minimum atomic E-state index is -0.930. The molecule has 0 bridgehead atoms. The van der Waals surface area contributed by atoms with Gasteiger partial charge in [-0.05, 0) is 16.8 Å². The van der Waals surface area contributed by atoms with Gasteiger partial charge < -0.3 is 15.2 Å². The van der Waals surface area contributed by atoms with Crippen molar-refractivity contribution in [2.75, 3.05) is 19.8 Å². The molecule has 1 saturated heterocycles. The van der Waals surface area contributed by atoms with Gasteiger partial charge in [-0.3, -0.25) is 4.79 Å². The molecular formula is C16H17NO3. The predicted molar refractivity (Wildman–Crippen MR) is 76.7 cm³/mol. The zero-order valence-electron chi connectivity index (χ0n) is 11.1.